The molecule has 0 aliphatic rings. The minimum Gasteiger partial charge on any atom is -0.478 e. The SMILES string of the molecule is Nc1cccc(C(=O)O)c1C(O)C(O)CBr. The quantitative estimate of drug-likeness (QED) is 0.484. The first-order valence-electron chi connectivity index (χ1n) is 4.52. The van der Waals surface area contributed by atoms with Gasteiger partial charge in [-0.3, -0.25) is 0 Å². The Morgan fingerprint density at radius 3 is 2.56 bits per heavy atom. The van der Waals surface area contributed by atoms with Crippen LogP contribution in [0.15, 0.2) is 18.2 Å². The van der Waals surface area contributed by atoms with E-state index in [9.17, 15) is 15.0 Å². The van der Waals surface area contributed by atoms with Gasteiger partial charge in [0.2, 0.25) is 0 Å². The number of nitrogens with two attached hydrogens (primary N) is 1. The summed E-state index contributed by atoms with van der Waals surface area (Å²) in [5.41, 5.74) is 5.69. The van der Waals surface area contributed by atoms with Crippen molar-refractivity contribution in [2.45, 2.75) is 12.2 Å². The summed E-state index contributed by atoms with van der Waals surface area (Å²) in [6.07, 6.45) is -2.44. The van der Waals surface area contributed by atoms with Crippen LogP contribution < -0.4 is 5.73 Å². The van der Waals surface area contributed by atoms with Gasteiger partial charge in [-0.25, -0.2) is 4.79 Å². The lowest BCUT2D eigenvalue weighted by atomic mass is 9.97. The maximum Gasteiger partial charge on any atom is 0.336 e. The van der Waals surface area contributed by atoms with Crippen LogP contribution in [0.3, 0.4) is 0 Å². The lowest BCUT2D eigenvalue weighted by molar-refractivity contribution is 0.0332. The highest BCUT2D eigenvalue weighted by Crippen LogP contribution is 2.27. The third-order valence-electron chi connectivity index (χ3n) is 2.19. The van der Waals surface area contributed by atoms with E-state index in [1.807, 2.05) is 0 Å². The van der Waals surface area contributed by atoms with Crippen molar-refractivity contribution in [3.63, 3.8) is 0 Å². The van der Waals surface area contributed by atoms with Crippen LogP contribution in [0.5, 0.6) is 0 Å². The molecule has 88 valence electrons. The summed E-state index contributed by atoms with van der Waals surface area (Å²) >= 11 is 3.00. The van der Waals surface area contributed by atoms with Crippen LogP contribution in [-0.2, 0) is 0 Å². The number of carbonyl (C=O) groups is 1. The van der Waals surface area contributed by atoms with Crippen molar-refractivity contribution >= 4 is 27.6 Å². The normalized spacial score (nSPS) is 14.4. The number of aliphatic hydroxyl groups excluding tert-OH is 2. The zero-order valence-corrected chi connectivity index (χ0v) is 9.89. The molecule has 0 fully saturated rings. The van der Waals surface area contributed by atoms with E-state index < -0.39 is 18.2 Å². The van der Waals surface area contributed by atoms with Gasteiger partial charge in [0, 0.05) is 16.6 Å². The summed E-state index contributed by atoms with van der Waals surface area (Å²) in [4.78, 5) is 10.9. The molecule has 5 N–H and O–H groups in total. The molecular weight excluding hydrogens is 278 g/mol. The Morgan fingerprint density at radius 2 is 2.06 bits per heavy atom. The third-order valence-corrected chi connectivity index (χ3v) is 2.85. The number of hydrogen-bond acceptors (Lipinski definition) is 4. The smallest absolute Gasteiger partial charge is 0.336 e. The highest BCUT2D eigenvalue weighted by molar-refractivity contribution is 9.09. The minimum absolute atomic E-state index is 0.0435. The lowest BCUT2D eigenvalue weighted by Crippen LogP contribution is -2.23. The largest absolute Gasteiger partial charge is 0.478 e. The van der Waals surface area contributed by atoms with Crippen molar-refractivity contribution in [2.24, 2.45) is 0 Å². The van der Waals surface area contributed by atoms with Crippen molar-refractivity contribution < 1.29 is 20.1 Å². The molecule has 2 unspecified atom stereocenters. The monoisotopic (exact) mass is 289 g/mol. The summed E-state index contributed by atoms with van der Waals surface area (Å²) in [6, 6.07) is 4.29. The Bertz CT molecular complexity index is 396. The van der Waals surface area contributed by atoms with Gasteiger partial charge >= 0.3 is 5.97 Å². The molecule has 0 aromatic heterocycles. The summed E-state index contributed by atoms with van der Waals surface area (Å²) in [6.45, 7) is 0. The van der Waals surface area contributed by atoms with Gasteiger partial charge in [-0.15, -0.1) is 0 Å². The maximum atomic E-state index is 10.9. The topological polar surface area (TPSA) is 104 Å². The lowest BCUT2D eigenvalue weighted by Gasteiger charge is -2.19. The number of rotatable bonds is 4. The third kappa shape index (κ3) is 2.52. The molecule has 0 amide bonds. The van der Waals surface area contributed by atoms with Crippen LogP contribution in [-0.4, -0.2) is 32.7 Å². The number of carboxylic acid groups (broad SMARTS) is 1. The van der Waals surface area contributed by atoms with E-state index in [0.717, 1.165) is 0 Å². The van der Waals surface area contributed by atoms with Gasteiger partial charge in [0.25, 0.3) is 0 Å². The first kappa shape index (κ1) is 13.0. The first-order chi connectivity index (χ1) is 7.49. The van der Waals surface area contributed by atoms with Crippen molar-refractivity contribution in [3.8, 4) is 0 Å². The predicted octanol–water partition coefficient (Wildman–Crippen LogP) is 0.756. The number of anilines is 1. The summed E-state index contributed by atoms with van der Waals surface area (Å²) in [5.74, 6) is -1.19. The molecule has 2 atom stereocenters. The van der Waals surface area contributed by atoms with E-state index in [0.29, 0.717) is 0 Å². The fourth-order valence-corrected chi connectivity index (χ4v) is 1.73. The van der Waals surface area contributed by atoms with E-state index in [-0.39, 0.29) is 22.1 Å². The number of halogens is 1. The van der Waals surface area contributed by atoms with Crippen molar-refractivity contribution in [1.29, 1.82) is 0 Å². The summed E-state index contributed by atoms with van der Waals surface area (Å²) < 4.78 is 0. The van der Waals surface area contributed by atoms with Gasteiger partial charge < -0.3 is 21.1 Å². The second-order valence-electron chi connectivity index (χ2n) is 3.28. The number of nitrogen functional groups attached to an aromatic ring is 1. The number of benzene rings is 1. The zero-order valence-electron chi connectivity index (χ0n) is 8.30. The van der Waals surface area contributed by atoms with Gasteiger partial charge in [-0.05, 0) is 12.1 Å². The van der Waals surface area contributed by atoms with E-state index >= 15 is 0 Å². The Balaban J connectivity index is 3.24. The van der Waals surface area contributed by atoms with Crippen LogP contribution in [0.1, 0.15) is 22.0 Å². The molecule has 0 aliphatic heterocycles. The van der Waals surface area contributed by atoms with E-state index in [1.54, 1.807) is 0 Å². The fourth-order valence-electron chi connectivity index (χ4n) is 1.38. The Hall–Kier alpha value is -1.11. The van der Waals surface area contributed by atoms with E-state index in [1.165, 1.54) is 18.2 Å². The second-order valence-corrected chi connectivity index (χ2v) is 3.93. The molecule has 16 heavy (non-hydrogen) atoms. The Kier molecular flexibility index (Phi) is 4.28. The number of aliphatic hydroxyl groups is 2. The maximum absolute atomic E-state index is 10.9. The molecule has 5 nitrogen and oxygen atoms in total. The standard InChI is InChI=1S/C10H12BrNO4/c11-4-7(13)9(14)8-5(10(15)16)2-1-3-6(8)12/h1-3,7,9,13-14H,4,12H2,(H,15,16). The zero-order chi connectivity index (χ0) is 12.3. The predicted molar refractivity (Wildman–Crippen MR) is 62.6 cm³/mol. The second kappa shape index (κ2) is 5.29. The van der Waals surface area contributed by atoms with E-state index in [2.05, 4.69) is 15.9 Å². The average Bonchev–Trinajstić information content (AvgIpc) is 2.26. The molecule has 0 heterocycles. The van der Waals surface area contributed by atoms with Gasteiger partial charge in [-0.1, -0.05) is 22.0 Å². The van der Waals surface area contributed by atoms with Gasteiger partial charge in [-0.2, -0.15) is 0 Å². The molecule has 0 spiro atoms. The van der Waals surface area contributed by atoms with Gasteiger partial charge in [0.05, 0.1) is 11.7 Å². The summed E-state index contributed by atoms with van der Waals surface area (Å²) in [7, 11) is 0. The summed E-state index contributed by atoms with van der Waals surface area (Å²) in [5, 5.41) is 28.3. The molecule has 0 bridgehead atoms. The fraction of sp³-hybridized carbons (Fsp3) is 0.300. The molecule has 1 rings (SSSR count). The van der Waals surface area contributed by atoms with Gasteiger partial charge in [0.15, 0.2) is 0 Å². The van der Waals surface area contributed by atoms with Crippen LogP contribution in [0.2, 0.25) is 0 Å². The number of alkyl halides is 1. The average molecular weight is 290 g/mol. The van der Waals surface area contributed by atoms with Crippen LogP contribution in [0.25, 0.3) is 0 Å². The Morgan fingerprint density at radius 1 is 1.44 bits per heavy atom. The highest BCUT2D eigenvalue weighted by Gasteiger charge is 2.24. The molecule has 6 heteroatoms. The molecular formula is C10H12BrNO4. The molecule has 1 aromatic rings. The van der Waals surface area contributed by atoms with Crippen LogP contribution in [0, 0.1) is 0 Å². The van der Waals surface area contributed by atoms with Gasteiger partial charge in [0.1, 0.15) is 6.10 Å². The molecule has 0 radical (unpaired) electrons. The van der Waals surface area contributed by atoms with Crippen molar-refractivity contribution in [1.82, 2.24) is 0 Å². The molecule has 0 aliphatic carbocycles. The molecule has 1 aromatic carbocycles. The molecule has 0 saturated heterocycles. The van der Waals surface area contributed by atoms with Crippen LogP contribution in [0.4, 0.5) is 5.69 Å². The first-order valence-corrected chi connectivity index (χ1v) is 5.65. The number of hydrogen-bond donors (Lipinski definition) is 4. The highest BCUT2D eigenvalue weighted by atomic mass is 79.9. The van der Waals surface area contributed by atoms with Crippen molar-refractivity contribution in [3.05, 3.63) is 29.3 Å². The Labute approximate surface area is 101 Å². The van der Waals surface area contributed by atoms with E-state index in [4.69, 9.17) is 10.8 Å². The number of carboxylic acids is 1. The minimum atomic E-state index is -1.33. The molecule has 0 saturated carbocycles. The van der Waals surface area contributed by atoms with Crippen molar-refractivity contribution in [2.75, 3.05) is 11.1 Å². The van der Waals surface area contributed by atoms with Crippen LogP contribution >= 0.6 is 15.9 Å². The number of aromatic carboxylic acids is 1.